The standard InChI is InChI=1S/C19H38/c1-4-5-6-7-8-9-10-11-12-13-14-15-16-17-18-19(2)3/h17-19H,4-16H2,1-3H3. The molecule has 0 saturated heterocycles. The number of unbranched alkanes of at least 4 members (excludes halogenated alkanes) is 12. The molecule has 0 heteroatoms. The Balaban J connectivity index is 2.99. The fourth-order valence-corrected chi connectivity index (χ4v) is 2.47. The van der Waals surface area contributed by atoms with E-state index >= 15 is 0 Å². The number of hydrogen-bond donors (Lipinski definition) is 0. The van der Waals surface area contributed by atoms with Crippen LogP contribution in [0.15, 0.2) is 12.2 Å². The molecular formula is C19H38. The zero-order chi connectivity index (χ0) is 14.2. The highest BCUT2D eigenvalue weighted by molar-refractivity contribution is 4.83. The molecule has 0 atom stereocenters. The Kier molecular flexibility index (Phi) is 15.6. The predicted octanol–water partition coefficient (Wildman–Crippen LogP) is 7.29. The molecule has 0 aliphatic rings. The molecule has 0 heterocycles. The minimum absolute atomic E-state index is 0.720. The molecule has 0 spiro atoms. The first-order valence-corrected chi connectivity index (χ1v) is 8.94. The van der Waals surface area contributed by atoms with Crippen LogP contribution >= 0.6 is 0 Å². The second-order valence-electron chi connectivity index (χ2n) is 6.35. The average molecular weight is 267 g/mol. The van der Waals surface area contributed by atoms with Gasteiger partial charge in [0.15, 0.2) is 0 Å². The van der Waals surface area contributed by atoms with Crippen molar-refractivity contribution < 1.29 is 0 Å². The Morgan fingerprint density at radius 3 is 1.47 bits per heavy atom. The first-order chi connectivity index (χ1) is 9.27. The summed E-state index contributed by atoms with van der Waals surface area (Å²) < 4.78 is 0. The number of hydrogen-bond acceptors (Lipinski definition) is 0. The van der Waals surface area contributed by atoms with Gasteiger partial charge in [-0.15, -0.1) is 0 Å². The molecule has 0 saturated carbocycles. The molecule has 0 fully saturated rings. The molecule has 0 rings (SSSR count). The van der Waals surface area contributed by atoms with E-state index in [-0.39, 0.29) is 0 Å². The molecule has 0 N–H and O–H groups in total. The van der Waals surface area contributed by atoms with Gasteiger partial charge in [-0.1, -0.05) is 104 Å². The van der Waals surface area contributed by atoms with Crippen LogP contribution in [0.5, 0.6) is 0 Å². The Bertz CT molecular complexity index is 178. The van der Waals surface area contributed by atoms with Crippen LogP contribution in [0.3, 0.4) is 0 Å². The van der Waals surface area contributed by atoms with E-state index in [9.17, 15) is 0 Å². The smallest absolute Gasteiger partial charge is 0.0290 e. The van der Waals surface area contributed by atoms with Crippen molar-refractivity contribution in [3.05, 3.63) is 12.2 Å². The highest BCUT2D eigenvalue weighted by atomic mass is 14.0. The number of rotatable bonds is 14. The summed E-state index contributed by atoms with van der Waals surface area (Å²) in [5.74, 6) is 0.720. The Labute approximate surface area is 123 Å². The molecule has 19 heavy (non-hydrogen) atoms. The van der Waals surface area contributed by atoms with Crippen LogP contribution in [0.2, 0.25) is 0 Å². The van der Waals surface area contributed by atoms with E-state index in [0.717, 1.165) is 5.92 Å². The summed E-state index contributed by atoms with van der Waals surface area (Å²) in [6.07, 6.45) is 23.3. The Morgan fingerprint density at radius 1 is 0.632 bits per heavy atom. The molecule has 0 aliphatic carbocycles. The lowest BCUT2D eigenvalue weighted by atomic mass is 10.0. The second-order valence-corrected chi connectivity index (χ2v) is 6.35. The van der Waals surface area contributed by atoms with Crippen LogP contribution in [0.25, 0.3) is 0 Å². The summed E-state index contributed by atoms with van der Waals surface area (Å²) in [6.45, 7) is 6.79. The van der Waals surface area contributed by atoms with Crippen molar-refractivity contribution in [1.82, 2.24) is 0 Å². The zero-order valence-corrected chi connectivity index (χ0v) is 13.9. The predicted molar refractivity (Wildman–Crippen MR) is 89.7 cm³/mol. The van der Waals surface area contributed by atoms with E-state index in [1.54, 1.807) is 0 Å². The van der Waals surface area contributed by atoms with Crippen LogP contribution in [0, 0.1) is 5.92 Å². The summed E-state index contributed by atoms with van der Waals surface area (Å²) in [6, 6.07) is 0. The molecule has 0 aromatic heterocycles. The van der Waals surface area contributed by atoms with Crippen molar-refractivity contribution in [2.24, 2.45) is 5.92 Å². The van der Waals surface area contributed by atoms with E-state index in [2.05, 4.69) is 32.9 Å². The van der Waals surface area contributed by atoms with Crippen LogP contribution in [0.4, 0.5) is 0 Å². The van der Waals surface area contributed by atoms with Crippen molar-refractivity contribution in [1.29, 1.82) is 0 Å². The van der Waals surface area contributed by atoms with Gasteiger partial charge in [-0.2, -0.15) is 0 Å². The first kappa shape index (κ1) is 18.7. The molecule has 0 aromatic rings. The molecule has 0 nitrogen and oxygen atoms in total. The molecule has 0 aromatic carbocycles. The highest BCUT2D eigenvalue weighted by Gasteiger charge is 1.93. The maximum absolute atomic E-state index is 2.36. The van der Waals surface area contributed by atoms with E-state index in [1.165, 1.54) is 83.5 Å². The van der Waals surface area contributed by atoms with Crippen LogP contribution < -0.4 is 0 Å². The first-order valence-electron chi connectivity index (χ1n) is 8.94. The van der Waals surface area contributed by atoms with Crippen molar-refractivity contribution in [2.75, 3.05) is 0 Å². The second kappa shape index (κ2) is 15.8. The molecular weight excluding hydrogens is 228 g/mol. The summed E-state index contributed by atoms with van der Waals surface area (Å²) in [5, 5.41) is 0. The molecule has 0 bridgehead atoms. The Hall–Kier alpha value is -0.260. The van der Waals surface area contributed by atoms with E-state index in [1.807, 2.05) is 0 Å². The normalized spacial score (nSPS) is 11.8. The van der Waals surface area contributed by atoms with Gasteiger partial charge in [0.1, 0.15) is 0 Å². The lowest BCUT2D eigenvalue weighted by Crippen LogP contribution is -1.82. The van der Waals surface area contributed by atoms with Crippen molar-refractivity contribution in [3.63, 3.8) is 0 Å². The topological polar surface area (TPSA) is 0 Å². The van der Waals surface area contributed by atoms with Gasteiger partial charge in [0.2, 0.25) is 0 Å². The minimum atomic E-state index is 0.720. The molecule has 114 valence electrons. The van der Waals surface area contributed by atoms with Gasteiger partial charge in [0.25, 0.3) is 0 Å². The molecule has 0 radical (unpaired) electrons. The highest BCUT2D eigenvalue weighted by Crippen LogP contribution is 2.12. The van der Waals surface area contributed by atoms with E-state index in [0.29, 0.717) is 0 Å². The third-order valence-electron chi connectivity index (χ3n) is 3.75. The SMILES string of the molecule is CCCCCCCCCCCCCCC=CC(C)C. The molecule has 0 amide bonds. The quantitative estimate of drug-likeness (QED) is 0.229. The third-order valence-corrected chi connectivity index (χ3v) is 3.75. The van der Waals surface area contributed by atoms with Gasteiger partial charge < -0.3 is 0 Å². The summed E-state index contributed by atoms with van der Waals surface area (Å²) >= 11 is 0. The largest absolute Gasteiger partial charge is 0.0883 e. The van der Waals surface area contributed by atoms with Crippen LogP contribution in [-0.2, 0) is 0 Å². The van der Waals surface area contributed by atoms with E-state index < -0.39 is 0 Å². The molecule has 0 unspecified atom stereocenters. The summed E-state index contributed by atoms with van der Waals surface area (Å²) in [5.41, 5.74) is 0. The van der Waals surface area contributed by atoms with Crippen LogP contribution in [-0.4, -0.2) is 0 Å². The van der Waals surface area contributed by atoms with Gasteiger partial charge in [0, 0.05) is 0 Å². The Morgan fingerprint density at radius 2 is 1.05 bits per heavy atom. The van der Waals surface area contributed by atoms with Crippen LogP contribution in [0.1, 0.15) is 104 Å². The van der Waals surface area contributed by atoms with Gasteiger partial charge in [-0.25, -0.2) is 0 Å². The number of allylic oxidation sites excluding steroid dienone is 2. The van der Waals surface area contributed by atoms with E-state index in [4.69, 9.17) is 0 Å². The van der Waals surface area contributed by atoms with Gasteiger partial charge in [0.05, 0.1) is 0 Å². The lowest BCUT2D eigenvalue weighted by molar-refractivity contribution is 0.545. The lowest BCUT2D eigenvalue weighted by Gasteiger charge is -2.02. The van der Waals surface area contributed by atoms with Crippen molar-refractivity contribution in [2.45, 2.75) is 104 Å². The van der Waals surface area contributed by atoms with Gasteiger partial charge >= 0.3 is 0 Å². The molecule has 0 aliphatic heterocycles. The monoisotopic (exact) mass is 266 g/mol. The van der Waals surface area contributed by atoms with Gasteiger partial charge in [-0.3, -0.25) is 0 Å². The minimum Gasteiger partial charge on any atom is -0.0883 e. The average Bonchev–Trinajstić information content (AvgIpc) is 2.39. The third kappa shape index (κ3) is 17.7. The maximum atomic E-state index is 2.36. The zero-order valence-electron chi connectivity index (χ0n) is 13.9. The summed E-state index contributed by atoms with van der Waals surface area (Å²) in [4.78, 5) is 0. The van der Waals surface area contributed by atoms with Crippen molar-refractivity contribution in [3.8, 4) is 0 Å². The fourth-order valence-electron chi connectivity index (χ4n) is 2.47. The summed E-state index contributed by atoms with van der Waals surface area (Å²) in [7, 11) is 0. The van der Waals surface area contributed by atoms with Crippen molar-refractivity contribution >= 4 is 0 Å². The maximum Gasteiger partial charge on any atom is -0.0290 e. The van der Waals surface area contributed by atoms with Gasteiger partial charge in [-0.05, 0) is 18.8 Å². The fraction of sp³-hybridized carbons (Fsp3) is 0.895.